The van der Waals surface area contributed by atoms with Crippen LogP contribution in [0.2, 0.25) is 0 Å². The normalized spacial score (nSPS) is 13.4. The summed E-state index contributed by atoms with van der Waals surface area (Å²) in [5.41, 5.74) is 3.64. The van der Waals surface area contributed by atoms with Crippen LogP contribution >= 0.6 is 0 Å². The monoisotopic (exact) mass is 224 g/mol. The minimum Gasteiger partial charge on any atom is -0.339 e. The minimum atomic E-state index is 0.142. The van der Waals surface area contributed by atoms with Crippen LogP contribution in [0.4, 0.5) is 11.5 Å². The number of carbonyl (C=O) groups excluding carboxylic acids is 1. The number of rotatable bonds is 0. The summed E-state index contributed by atoms with van der Waals surface area (Å²) in [6.45, 7) is 1.99. The average molecular weight is 224 g/mol. The predicted octanol–water partition coefficient (Wildman–Crippen LogP) is 2.87. The number of nitrogens with zero attached hydrogens (tertiary/aromatic N) is 1. The number of carbonyl (C=O) groups is 1. The van der Waals surface area contributed by atoms with Gasteiger partial charge in [0.2, 0.25) is 0 Å². The van der Waals surface area contributed by atoms with Gasteiger partial charge in [0.1, 0.15) is 5.82 Å². The first-order chi connectivity index (χ1) is 8.24. The Kier molecular flexibility index (Phi) is 2.18. The van der Waals surface area contributed by atoms with Gasteiger partial charge >= 0.3 is 0 Å². The van der Waals surface area contributed by atoms with Crippen molar-refractivity contribution >= 4 is 17.3 Å². The van der Waals surface area contributed by atoms with E-state index in [0.29, 0.717) is 6.42 Å². The molecule has 84 valence electrons. The number of aromatic nitrogens is 1. The Bertz CT molecular complexity index is 605. The molecule has 3 nitrogen and oxygen atoms in total. The molecule has 0 bridgehead atoms. The van der Waals surface area contributed by atoms with Gasteiger partial charge in [-0.3, -0.25) is 4.79 Å². The highest BCUT2D eigenvalue weighted by atomic mass is 16.1. The van der Waals surface area contributed by atoms with E-state index >= 15 is 0 Å². The number of pyridine rings is 1. The summed E-state index contributed by atoms with van der Waals surface area (Å²) in [5.74, 6) is 0.923. The number of ketones is 1. The zero-order chi connectivity index (χ0) is 11.8. The first-order valence-electron chi connectivity index (χ1n) is 5.59. The molecule has 2 heterocycles. The van der Waals surface area contributed by atoms with E-state index in [4.69, 9.17) is 0 Å². The van der Waals surface area contributed by atoms with Gasteiger partial charge in [0.25, 0.3) is 0 Å². The van der Waals surface area contributed by atoms with Crippen molar-refractivity contribution in [3.05, 3.63) is 53.2 Å². The molecule has 0 atom stereocenters. The van der Waals surface area contributed by atoms with Gasteiger partial charge in [-0.25, -0.2) is 4.98 Å². The summed E-state index contributed by atoms with van der Waals surface area (Å²) < 4.78 is 0. The highest BCUT2D eigenvalue weighted by Crippen LogP contribution is 2.28. The topological polar surface area (TPSA) is 42.0 Å². The predicted molar refractivity (Wildman–Crippen MR) is 66.7 cm³/mol. The lowest BCUT2D eigenvalue weighted by Crippen LogP contribution is -2.02. The van der Waals surface area contributed by atoms with Crippen molar-refractivity contribution in [2.75, 3.05) is 5.32 Å². The Hall–Kier alpha value is -2.16. The third kappa shape index (κ3) is 1.69. The second-order valence-electron chi connectivity index (χ2n) is 4.29. The molecule has 1 aliphatic rings. The molecule has 0 saturated heterocycles. The van der Waals surface area contributed by atoms with Crippen molar-refractivity contribution in [1.29, 1.82) is 0 Å². The average Bonchev–Trinajstić information content (AvgIpc) is 2.46. The Morgan fingerprint density at radius 2 is 2.18 bits per heavy atom. The summed E-state index contributed by atoms with van der Waals surface area (Å²) in [6, 6.07) is 9.65. The number of benzene rings is 1. The Balaban J connectivity index is 2.17. The van der Waals surface area contributed by atoms with E-state index in [1.54, 1.807) is 6.20 Å². The molecule has 0 radical (unpaired) electrons. The smallest absolute Gasteiger partial charge is 0.169 e. The molecule has 3 heteroatoms. The third-order valence-corrected chi connectivity index (χ3v) is 2.97. The lowest BCUT2D eigenvalue weighted by molar-refractivity contribution is 0.0994. The van der Waals surface area contributed by atoms with Crippen LogP contribution in [0.25, 0.3) is 0 Å². The van der Waals surface area contributed by atoms with Crippen LogP contribution in [0.15, 0.2) is 36.5 Å². The lowest BCUT2D eigenvalue weighted by atomic mass is 10.0. The van der Waals surface area contributed by atoms with E-state index in [1.807, 2.05) is 37.3 Å². The maximum Gasteiger partial charge on any atom is 0.169 e. The van der Waals surface area contributed by atoms with Gasteiger partial charge in [-0.2, -0.15) is 0 Å². The zero-order valence-corrected chi connectivity index (χ0v) is 9.53. The fraction of sp³-hybridized carbons (Fsp3) is 0.143. The number of anilines is 2. The largest absolute Gasteiger partial charge is 0.339 e. The van der Waals surface area contributed by atoms with Crippen molar-refractivity contribution in [2.45, 2.75) is 13.3 Å². The van der Waals surface area contributed by atoms with Crippen molar-refractivity contribution in [1.82, 2.24) is 4.98 Å². The molecule has 0 unspecified atom stereocenters. The van der Waals surface area contributed by atoms with E-state index in [9.17, 15) is 4.79 Å². The maximum absolute atomic E-state index is 12.2. The standard InChI is InChI=1S/C14H12N2O/c1-9-4-5-12-11(7-9)13(17)8-10-3-2-6-15-14(10)16-12/h2-7H,8H2,1H3,(H,15,16). The first kappa shape index (κ1) is 10.0. The molecule has 0 amide bonds. The molecule has 0 aliphatic carbocycles. The molecule has 0 fully saturated rings. The number of aryl methyl sites for hydroxylation is 1. The maximum atomic E-state index is 12.2. The van der Waals surface area contributed by atoms with Crippen LogP contribution in [0.5, 0.6) is 0 Å². The molecule has 3 rings (SSSR count). The van der Waals surface area contributed by atoms with Crippen molar-refractivity contribution in [3.63, 3.8) is 0 Å². The molecule has 1 aliphatic heterocycles. The summed E-state index contributed by atoms with van der Waals surface area (Å²) in [5, 5.41) is 3.23. The lowest BCUT2D eigenvalue weighted by Gasteiger charge is -2.07. The quantitative estimate of drug-likeness (QED) is 0.748. The van der Waals surface area contributed by atoms with Gasteiger partial charge < -0.3 is 5.32 Å². The van der Waals surface area contributed by atoms with Gasteiger partial charge in [-0.1, -0.05) is 17.7 Å². The zero-order valence-electron chi connectivity index (χ0n) is 9.53. The number of nitrogens with one attached hydrogen (secondary N) is 1. The molecule has 1 aromatic heterocycles. The van der Waals surface area contributed by atoms with Gasteiger partial charge in [0.05, 0.1) is 5.69 Å². The van der Waals surface area contributed by atoms with E-state index in [-0.39, 0.29) is 5.78 Å². The summed E-state index contributed by atoms with van der Waals surface area (Å²) in [6.07, 6.45) is 2.14. The highest BCUT2D eigenvalue weighted by Gasteiger charge is 2.19. The Morgan fingerprint density at radius 1 is 1.29 bits per heavy atom. The van der Waals surface area contributed by atoms with Gasteiger partial charge in [0, 0.05) is 23.7 Å². The van der Waals surface area contributed by atoms with Crippen LogP contribution in [0.3, 0.4) is 0 Å². The van der Waals surface area contributed by atoms with Crippen LogP contribution < -0.4 is 5.32 Å². The second-order valence-corrected chi connectivity index (χ2v) is 4.29. The second kappa shape index (κ2) is 3.70. The van der Waals surface area contributed by atoms with Crippen LogP contribution in [-0.2, 0) is 6.42 Å². The molecule has 0 saturated carbocycles. The van der Waals surface area contributed by atoms with Gasteiger partial charge in [-0.15, -0.1) is 0 Å². The van der Waals surface area contributed by atoms with Crippen molar-refractivity contribution in [3.8, 4) is 0 Å². The Labute approximate surface area is 99.5 Å². The van der Waals surface area contributed by atoms with E-state index < -0.39 is 0 Å². The fourth-order valence-electron chi connectivity index (χ4n) is 2.09. The number of Topliss-reactive ketones (excluding diaryl/α,β-unsaturated/α-hetero) is 1. The Morgan fingerprint density at radius 3 is 3.06 bits per heavy atom. The number of hydrogen-bond acceptors (Lipinski definition) is 3. The SMILES string of the molecule is Cc1ccc2c(c1)C(=O)Cc1cccnc1N2. The summed E-state index contributed by atoms with van der Waals surface area (Å²) in [7, 11) is 0. The molecule has 17 heavy (non-hydrogen) atoms. The van der Waals surface area contributed by atoms with Crippen molar-refractivity contribution in [2.24, 2.45) is 0 Å². The summed E-state index contributed by atoms with van der Waals surface area (Å²) in [4.78, 5) is 16.4. The van der Waals surface area contributed by atoms with E-state index in [0.717, 1.165) is 28.2 Å². The van der Waals surface area contributed by atoms with Crippen LogP contribution in [-0.4, -0.2) is 10.8 Å². The molecule has 0 spiro atoms. The van der Waals surface area contributed by atoms with E-state index in [1.165, 1.54) is 0 Å². The molecule has 1 N–H and O–H groups in total. The van der Waals surface area contributed by atoms with Crippen LogP contribution in [0, 0.1) is 6.92 Å². The van der Waals surface area contributed by atoms with Crippen LogP contribution in [0.1, 0.15) is 21.5 Å². The van der Waals surface area contributed by atoms with E-state index in [2.05, 4.69) is 10.3 Å². The van der Waals surface area contributed by atoms with Crippen molar-refractivity contribution < 1.29 is 4.79 Å². The molecular formula is C14H12N2O. The third-order valence-electron chi connectivity index (χ3n) is 2.97. The number of fused-ring (bicyclic) bond motifs is 2. The van der Waals surface area contributed by atoms with Gasteiger partial charge in [0.15, 0.2) is 5.78 Å². The van der Waals surface area contributed by atoms with Gasteiger partial charge in [-0.05, 0) is 25.1 Å². The summed E-state index contributed by atoms with van der Waals surface area (Å²) >= 11 is 0. The molecule has 2 aromatic rings. The fourth-order valence-corrected chi connectivity index (χ4v) is 2.09. The number of hydrogen-bond donors (Lipinski definition) is 1. The highest BCUT2D eigenvalue weighted by molar-refractivity contribution is 6.05. The molecular weight excluding hydrogens is 212 g/mol. The first-order valence-corrected chi connectivity index (χ1v) is 5.59. The molecule has 1 aromatic carbocycles. The minimum absolute atomic E-state index is 0.142.